The summed E-state index contributed by atoms with van der Waals surface area (Å²) in [7, 11) is 0. The summed E-state index contributed by atoms with van der Waals surface area (Å²) in [5.74, 6) is 0. The number of hydroxylamine groups is 1. The maximum atomic E-state index is 4.91. The molecule has 0 radical (unpaired) electrons. The van der Waals surface area contributed by atoms with Crippen molar-refractivity contribution in [1.82, 2.24) is 16.2 Å². The first-order valence-corrected chi connectivity index (χ1v) is 2.39. The Morgan fingerprint density at radius 2 is 2.75 bits per heavy atom. The Morgan fingerprint density at radius 3 is 3.25 bits per heavy atom. The summed E-state index contributed by atoms with van der Waals surface area (Å²) < 4.78 is 0. The lowest BCUT2D eigenvalue weighted by molar-refractivity contribution is -0.127. The van der Waals surface area contributed by atoms with Crippen LogP contribution in [-0.2, 0) is 4.84 Å². The first kappa shape index (κ1) is 5.33. The van der Waals surface area contributed by atoms with Crippen LogP contribution in [0.1, 0.15) is 6.92 Å². The Balaban J connectivity index is 2.16. The van der Waals surface area contributed by atoms with Gasteiger partial charge in [-0.2, -0.15) is 5.17 Å². The second-order valence-corrected chi connectivity index (χ2v) is 1.21. The van der Waals surface area contributed by atoms with Gasteiger partial charge in [-0.3, -0.25) is 4.84 Å². The summed E-state index contributed by atoms with van der Waals surface area (Å²) in [6, 6.07) is 0. The maximum absolute atomic E-state index is 4.91. The molecule has 1 rings (SSSR count). The Morgan fingerprint density at radius 1 is 1.88 bits per heavy atom. The van der Waals surface area contributed by atoms with Crippen LogP contribution in [0.3, 0.4) is 0 Å². The molecule has 46 valence electrons. The van der Waals surface area contributed by atoms with Crippen LogP contribution < -0.4 is 11.1 Å². The van der Waals surface area contributed by atoms with Gasteiger partial charge in [0, 0.05) is 0 Å². The molecule has 8 heavy (non-hydrogen) atoms. The van der Waals surface area contributed by atoms with E-state index in [9.17, 15) is 0 Å². The van der Waals surface area contributed by atoms with Gasteiger partial charge in [-0.1, -0.05) is 0 Å². The Kier molecular flexibility index (Phi) is 1.66. The minimum atomic E-state index is 0.626. The van der Waals surface area contributed by atoms with E-state index in [4.69, 9.17) is 4.84 Å². The topological polar surface area (TPSA) is 48.9 Å². The lowest BCUT2D eigenvalue weighted by Crippen LogP contribution is -2.37. The fourth-order valence-corrected chi connectivity index (χ4v) is 0.393. The number of hydrazine groups is 2. The molecule has 0 aromatic heterocycles. The van der Waals surface area contributed by atoms with E-state index in [1.54, 1.807) is 0 Å². The van der Waals surface area contributed by atoms with Crippen molar-refractivity contribution in [2.75, 3.05) is 6.61 Å². The van der Waals surface area contributed by atoms with Gasteiger partial charge in [0.25, 0.3) is 0 Å². The zero-order valence-electron chi connectivity index (χ0n) is 4.59. The van der Waals surface area contributed by atoms with Crippen LogP contribution in [-0.4, -0.2) is 18.1 Å². The lowest BCUT2D eigenvalue weighted by Gasteiger charge is -2.09. The molecule has 0 saturated carbocycles. The summed E-state index contributed by atoms with van der Waals surface area (Å²) >= 11 is 0. The van der Waals surface area contributed by atoms with E-state index in [0.29, 0.717) is 6.61 Å². The van der Waals surface area contributed by atoms with Gasteiger partial charge in [0.1, 0.15) is 0 Å². The number of rotatable bonds is 2. The summed E-state index contributed by atoms with van der Waals surface area (Å²) in [6.07, 6.45) is 1.50. The van der Waals surface area contributed by atoms with E-state index in [2.05, 4.69) is 16.2 Å². The standard InChI is InChI=1S/C3H8N4O/c1-2-8-7-3-4-5-6-7/h3,5-6H,2H2,1H3. The molecule has 0 bridgehead atoms. The normalized spacial score (nSPS) is 16.9. The summed E-state index contributed by atoms with van der Waals surface area (Å²) in [4.78, 5) is 4.91. The van der Waals surface area contributed by atoms with Gasteiger partial charge in [-0.05, 0) is 6.92 Å². The van der Waals surface area contributed by atoms with Crippen LogP contribution in [0.2, 0.25) is 0 Å². The summed E-state index contributed by atoms with van der Waals surface area (Å²) in [5, 5.41) is 4.99. The van der Waals surface area contributed by atoms with Crippen molar-refractivity contribution in [1.29, 1.82) is 0 Å². The third kappa shape index (κ3) is 1.08. The molecule has 1 heterocycles. The van der Waals surface area contributed by atoms with Crippen molar-refractivity contribution >= 4 is 6.34 Å². The second-order valence-electron chi connectivity index (χ2n) is 1.21. The molecule has 0 amide bonds. The average Bonchev–Trinajstić information content (AvgIpc) is 2.19. The molecule has 0 unspecified atom stereocenters. The highest BCUT2D eigenvalue weighted by atomic mass is 16.7. The van der Waals surface area contributed by atoms with Crippen LogP contribution in [0.25, 0.3) is 0 Å². The van der Waals surface area contributed by atoms with Crippen molar-refractivity contribution in [3.05, 3.63) is 0 Å². The molecule has 2 N–H and O–H groups in total. The fourth-order valence-electron chi connectivity index (χ4n) is 0.393. The first-order chi connectivity index (χ1) is 3.93. The SMILES string of the molecule is CCON1C=NNN1. The van der Waals surface area contributed by atoms with Crippen molar-refractivity contribution in [3.8, 4) is 0 Å². The van der Waals surface area contributed by atoms with Crippen molar-refractivity contribution in [2.24, 2.45) is 5.10 Å². The summed E-state index contributed by atoms with van der Waals surface area (Å²) in [5.41, 5.74) is 5.07. The molecule has 0 saturated heterocycles. The van der Waals surface area contributed by atoms with E-state index in [1.807, 2.05) is 6.92 Å². The van der Waals surface area contributed by atoms with E-state index >= 15 is 0 Å². The van der Waals surface area contributed by atoms with Gasteiger partial charge in [0.05, 0.1) is 6.61 Å². The van der Waals surface area contributed by atoms with Crippen LogP contribution in [0.15, 0.2) is 5.10 Å². The van der Waals surface area contributed by atoms with Crippen LogP contribution >= 0.6 is 0 Å². The Hall–Kier alpha value is -0.810. The molecule has 0 aromatic rings. The number of hydrazone groups is 1. The molecule has 1 aliphatic heterocycles. The molecule has 5 heteroatoms. The highest BCUT2D eigenvalue weighted by Crippen LogP contribution is 1.81. The molecular weight excluding hydrogens is 108 g/mol. The van der Waals surface area contributed by atoms with Gasteiger partial charge in [0.15, 0.2) is 6.34 Å². The zero-order valence-corrected chi connectivity index (χ0v) is 4.59. The minimum absolute atomic E-state index is 0.626. The molecule has 0 fully saturated rings. The van der Waals surface area contributed by atoms with Gasteiger partial charge in [-0.25, -0.2) is 5.53 Å². The predicted octanol–water partition coefficient (Wildman–Crippen LogP) is -0.794. The average molecular weight is 116 g/mol. The van der Waals surface area contributed by atoms with E-state index in [1.165, 1.54) is 11.5 Å². The van der Waals surface area contributed by atoms with Crippen molar-refractivity contribution in [2.45, 2.75) is 6.92 Å². The minimum Gasteiger partial charge on any atom is -0.256 e. The number of nitrogens with one attached hydrogen (secondary N) is 2. The van der Waals surface area contributed by atoms with Crippen molar-refractivity contribution < 1.29 is 4.84 Å². The largest absolute Gasteiger partial charge is 0.256 e. The third-order valence-electron chi connectivity index (χ3n) is 0.656. The zero-order chi connectivity index (χ0) is 5.82. The monoisotopic (exact) mass is 116 g/mol. The second kappa shape index (κ2) is 2.49. The third-order valence-corrected chi connectivity index (χ3v) is 0.656. The molecule has 0 aliphatic carbocycles. The molecule has 0 spiro atoms. The van der Waals surface area contributed by atoms with E-state index in [0.717, 1.165) is 0 Å². The highest BCUT2D eigenvalue weighted by Gasteiger charge is 1.99. The summed E-state index contributed by atoms with van der Waals surface area (Å²) in [6.45, 7) is 2.52. The maximum Gasteiger partial charge on any atom is 0.157 e. The predicted molar refractivity (Wildman–Crippen MR) is 28.2 cm³/mol. The van der Waals surface area contributed by atoms with Crippen molar-refractivity contribution in [3.63, 3.8) is 0 Å². The Bertz CT molecular complexity index is 93.3. The smallest absolute Gasteiger partial charge is 0.157 e. The number of hydrogen-bond acceptors (Lipinski definition) is 5. The molecule has 1 aliphatic rings. The van der Waals surface area contributed by atoms with E-state index < -0.39 is 0 Å². The van der Waals surface area contributed by atoms with Crippen LogP contribution in [0.4, 0.5) is 0 Å². The molecule has 0 atom stereocenters. The first-order valence-electron chi connectivity index (χ1n) is 2.39. The quantitative estimate of drug-likeness (QED) is 0.496. The highest BCUT2D eigenvalue weighted by molar-refractivity contribution is 5.53. The number of nitrogens with zero attached hydrogens (tertiary/aromatic N) is 2. The lowest BCUT2D eigenvalue weighted by atomic mass is 10.9. The van der Waals surface area contributed by atoms with Gasteiger partial charge in [-0.15, -0.1) is 10.6 Å². The van der Waals surface area contributed by atoms with Gasteiger partial charge < -0.3 is 0 Å². The van der Waals surface area contributed by atoms with Gasteiger partial charge in [0.2, 0.25) is 0 Å². The Labute approximate surface area is 47.2 Å². The van der Waals surface area contributed by atoms with Gasteiger partial charge >= 0.3 is 0 Å². The van der Waals surface area contributed by atoms with Crippen LogP contribution in [0, 0.1) is 0 Å². The van der Waals surface area contributed by atoms with Crippen LogP contribution in [0.5, 0.6) is 0 Å². The molecule has 5 nitrogen and oxygen atoms in total. The number of hydrogen-bond donors (Lipinski definition) is 2. The fraction of sp³-hybridized carbons (Fsp3) is 0.667. The van der Waals surface area contributed by atoms with E-state index in [-0.39, 0.29) is 0 Å². The molecular formula is C3H8N4O. The molecule has 0 aromatic carbocycles.